The average Bonchev–Trinajstić information content (AvgIpc) is 2.42. The molecule has 2 rings (SSSR count). The molecular formula is C9H5BrO3S. The Bertz CT molecular complexity index is 518. The molecule has 0 aliphatic carbocycles. The zero-order chi connectivity index (χ0) is 10.3. The quantitative estimate of drug-likeness (QED) is 0.839. The predicted molar refractivity (Wildman–Crippen MR) is 58.1 cm³/mol. The van der Waals surface area contributed by atoms with Gasteiger partial charge in [0.25, 0.3) is 0 Å². The minimum atomic E-state index is -1.12. The molecule has 0 saturated heterocycles. The van der Waals surface area contributed by atoms with E-state index in [1.807, 2.05) is 6.07 Å². The van der Waals surface area contributed by atoms with Gasteiger partial charge in [-0.25, -0.2) is 4.79 Å². The van der Waals surface area contributed by atoms with E-state index in [0.717, 1.165) is 13.9 Å². The number of hydrogen-bond donors (Lipinski definition) is 2. The molecule has 0 unspecified atom stereocenters. The van der Waals surface area contributed by atoms with Crippen LogP contribution in [0.3, 0.4) is 0 Å². The van der Waals surface area contributed by atoms with E-state index in [9.17, 15) is 9.90 Å². The van der Waals surface area contributed by atoms with Crippen LogP contribution in [-0.4, -0.2) is 16.2 Å². The maximum atomic E-state index is 10.7. The molecule has 72 valence electrons. The molecule has 0 aliphatic heterocycles. The molecule has 0 atom stereocenters. The predicted octanol–water partition coefficient (Wildman–Crippen LogP) is 3.07. The number of rotatable bonds is 1. The average molecular weight is 273 g/mol. The van der Waals surface area contributed by atoms with Crippen molar-refractivity contribution in [3.63, 3.8) is 0 Å². The van der Waals surface area contributed by atoms with E-state index < -0.39 is 5.97 Å². The van der Waals surface area contributed by atoms with Crippen LogP contribution in [0.25, 0.3) is 10.1 Å². The number of aromatic hydroxyl groups is 1. The Morgan fingerprint density at radius 3 is 2.71 bits per heavy atom. The van der Waals surface area contributed by atoms with Crippen LogP contribution in [0.4, 0.5) is 0 Å². The normalized spacial score (nSPS) is 10.6. The number of halogens is 1. The maximum Gasteiger partial charge on any atom is 0.339 e. The lowest BCUT2D eigenvalue weighted by molar-refractivity contribution is 0.0694. The third kappa shape index (κ3) is 1.49. The lowest BCUT2D eigenvalue weighted by atomic mass is 10.1. The van der Waals surface area contributed by atoms with Gasteiger partial charge in [0.15, 0.2) is 0 Å². The third-order valence-electron chi connectivity index (χ3n) is 1.83. The van der Waals surface area contributed by atoms with Crippen LogP contribution in [0, 0.1) is 0 Å². The Morgan fingerprint density at radius 1 is 1.36 bits per heavy atom. The molecule has 0 spiro atoms. The summed E-state index contributed by atoms with van der Waals surface area (Å²) >= 11 is 4.73. The number of phenols is 1. The number of carboxylic acids is 1. The van der Waals surface area contributed by atoms with Crippen molar-refractivity contribution in [1.29, 1.82) is 0 Å². The summed E-state index contributed by atoms with van der Waals surface area (Å²) in [6, 6.07) is 4.77. The molecule has 2 aromatic rings. The van der Waals surface area contributed by atoms with Crippen LogP contribution in [0.1, 0.15) is 10.4 Å². The van der Waals surface area contributed by atoms with E-state index >= 15 is 0 Å². The smallest absolute Gasteiger partial charge is 0.339 e. The van der Waals surface area contributed by atoms with Gasteiger partial charge in [0.1, 0.15) is 11.3 Å². The molecule has 3 nitrogen and oxygen atoms in total. The Morgan fingerprint density at radius 2 is 2.07 bits per heavy atom. The van der Waals surface area contributed by atoms with Gasteiger partial charge in [0.05, 0.1) is 3.79 Å². The van der Waals surface area contributed by atoms with E-state index in [1.165, 1.54) is 23.5 Å². The fraction of sp³-hybridized carbons (Fsp3) is 0. The highest BCUT2D eigenvalue weighted by Crippen LogP contribution is 2.33. The van der Waals surface area contributed by atoms with E-state index in [4.69, 9.17) is 5.11 Å². The van der Waals surface area contributed by atoms with Crippen molar-refractivity contribution < 1.29 is 15.0 Å². The lowest BCUT2D eigenvalue weighted by Crippen LogP contribution is -1.95. The standard InChI is InChI=1S/C9H5BrO3S/c10-8-2-4-1-6(11)5(9(12)13)3-7(4)14-8/h1-3,11H,(H,12,13). The van der Waals surface area contributed by atoms with Crippen molar-refractivity contribution in [3.05, 3.63) is 27.5 Å². The van der Waals surface area contributed by atoms with E-state index in [0.29, 0.717) is 0 Å². The van der Waals surface area contributed by atoms with Crippen molar-refractivity contribution in [1.82, 2.24) is 0 Å². The van der Waals surface area contributed by atoms with Gasteiger partial charge in [0, 0.05) is 4.70 Å². The first kappa shape index (κ1) is 9.48. The number of hydrogen-bond acceptors (Lipinski definition) is 3. The van der Waals surface area contributed by atoms with E-state index in [1.54, 1.807) is 0 Å². The summed E-state index contributed by atoms with van der Waals surface area (Å²) in [5.74, 6) is -1.32. The Hall–Kier alpha value is -1.07. The molecule has 0 fully saturated rings. The lowest BCUT2D eigenvalue weighted by Gasteiger charge is -1.98. The van der Waals surface area contributed by atoms with Crippen LogP contribution < -0.4 is 0 Å². The SMILES string of the molecule is O=C(O)c1cc2sc(Br)cc2cc1O. The van der Waals surface area contributed by atoms with Gasteiger partial charge in [-0.15, -0.1) is 11.3 Å². The zero-order valence-corrected chi connectivity index (χ0v) is 9.22. The van der Waals surface area contributed by atoms with Crippen LogP contribution in [-0.2, 0) is 0 Å². The number of fused-ring (bicyclic) bond motifs is 1. The molecule has 5 heteroatoms. The molecule has 1 aromatic carbocycles. The largest absolute Gasteiger partial charge is 0.507 e. The summed E-state index contributed by atoms with van der Waals surface area (Å²) in [7, 11) is 0. The molecule has 1 aromatic heterocycles. The highest BCUT2D eigenvalue weighted by Gasteiger charge is 2.11. The second-order valence-corrected chi connectivity index (χ2v) is 5.23. The van der Waals surface area contributed by atoms with Crippen molar-refractivity contribution in [2.75, 3.05) is 0 Å². The maximum absolute atomic E-state index is 10.7. The van der Waals surface area contributed by atoms with Crippen LogP contribution in [0.5, 0.6) is 5.75 Å². The van der Waals surface area contributed by atoms with Crippen LogP contribution in [0.2, 0.25) is 0 Å². The van der Waals surface area contributed by atoms with Gasteiger partial charge >= 0.3 is 5.97 Å². The minimum Gasteiger partial charge on any atom is -0.507 e. The zero-order valence-electron chi connectivity index (χ0n) is 6.82. The summed E-state index contributed by atoms with van der Waals surface area (Å²) in [4.78, 5) is 10.7. The first-order valence-corrected chi connectivity index (χ1v) is 5.34. The van der Waals surface area contributed by atoms with Gasteiger partial charge in [-0.3, -0.25) is 0 Å². The number of benzene rings is 1. The van der Waals surface area contributed by atoms with Gasteiger partial charge in [-0.1, -0.05) is 0 Å². The van der Waals surface area contributed by atoms with Crippen molar-refractivity contribution in [2.24, 2.45) is 0 Å². The summed E-state index contributed by atoms with van der Waals surface area (Å²) < 4.78 is 1.75. The van der Waals surface area contributed by atoms with Crippen LogP contribution >= 0.6 is 27.3 Å². The van der Waals surface area contributed by atoms with Crippen molar-refractivity contribution in [2.45, 2.75) is 0 Å². The second-order valence-electron chi connectivity index (χ2n) is 2.76. The molecule has 0 aliphatic rings. The monoisotopic (exact) mass is 272 g/mol. The topological polar surface area (TPSA) is 57.5 Å². The molecule has 0 bridgehead atoms. The highest BCUT2D eigenvalue weighted by molar-refractivity contribution is 9.11. The van der Waals surface area contributed by atoms with Crippen LogP contribution in [0.15, 0.2) is 22.0 Å². The third-order valence-corrected chi connectivity index (χ3v) is 3.44. The Balaban J connectivity index is 2.76. The molecule has 0 saturated carbocycles. The van der Waals surface area contributed by atoms with E-state index in [-0.39, 0.29) is 11.3 Å². The number of thiophene rings is 1. The summed E-state index contributed by atoms with van der Waals surface area (Å²) in [5.41, 5.74) is -0.0631. The molecule has 2 N–H and O–H groups in total. The second kappa shape index (κ2) is 3.25. The molecule has 14 heavy (non-hydrogen) atoms. The van der Waals surface area contributed by atoms with Crippen molar-refractivity contribution in [3.8, 4) is 5.75 Å². The van der Waals surface area contributed by atoms with Gasteiger partial charge in [-0.05, 0) is 39.5 Å². The molecule has 0 amide bonds. The molecule has 1 heterocycles. The highest BCUT2D eigenvalue weighted by atomic mass is 79.9. The number of carboxylic acid groups (broad SMARTS) is 1. The number of aromatic carboxylic acids is 1. The van der Waals surface area contributed by atoms with E-state index in [2.05, 4.69) is 15.9 Å². The van der Waals surface area contributed by atoms with Gasteiger partial charge in [-0.2, -0.15) is 0 Å². The van der Waals surface area contributed by atoms with Gasteiger partial charge in [0.2, 0.25) is 0 Å². The van der Waals surface area contributed by atoms with Crippen molar-refractivity contribution >= 4 is 43.3 Å². The van der Waals surface area contributed by atoms with Gasteiger partial charge < -0.3 is 10.2 Å². The summed E-state index contributed by atoms with van der Waals surface area (Å²) in [6.45, 7) is 0. The first-order valence-electron chi connectivity index (χ1n) is 3.73. The number of carbonyl (C=O) groups is 1. The fourth-order valence-electron chi connectivity index (χ4n) is 1.21. The first-order chi connectivity index (χ1) is 6.58. The molecule has 0 radical (unpaired) electrons. The Kier molecular flexibility index (Phi) is 2.20. The fourth-order valence-corrected chi connectivity index (χ4v) is 2.79. The summed E-state index contributed by atoms with van der Waals surface area (Å²) in [5, 5.41) is 19.0. The minimum absolute atomic E-state index is 0.0631. The Labute approximate surface area is 91.7 Å². The molecular weight excluding hydrogens is 268 g/mol. The summed E-state index contributed by atoms with van der Waals surface area (Å²) in [6.07, 6.45) is 0.